The zero-order valence-corrected chi connectivity index (χ0v) is 14.1. The quantitative estimate of drug-likeness (QED) is 0.694. The van der Waals surface area contributed by atoms with Crippen LogP contribution in [-0.2, 0) is 13.1 Å². The molecule has 3 rings (SSSR count). The van der Waals surface area contributed by atoms with E-state index in [9.17, 15) is 5.11 Å². The van der Waals surface area contributed by atoms with Crippen molar-refractivity contribution in [2.24, 2.45) is 0 Å². The third-order valence-corrected chi connectivity index (χ3v) is 4.76. The topological polar surface area (TPSA) is 37.2 Å². The molecule has 3 aromatic rings. The van der Waals surface area contributed by atoms with Crippen LogP contribution < -0.4 is 5.32 Å². The van der Waals surface area contributed by atoms with E-state index in [0.29, 0.717) is 6.54 Å². The minimum atomic E-state index is -0.476. The van der Waals surface area contributed by atoms with Gasteiger partial charge in [0.1, 0.15) is 0 Å². The van der Waals surface area contributed by atoms with Gasteiger partial charge < -0.3 is 15.0 Å². The maximum absolute atomic E-state index is 10.3. The van der Waals surface area contributed by atoms with E-state index in [1.54, 1.807) is 11.3 Å². The summed E-state index contributed by atoms with van der Waals surface area (Å²) in [5, 5.41) is 15.7. The average molecular weight is 326 g/mol. The van der Waals surface area contributed by atoms with Gasteiger partial charge in [-0.15, -0.1) is 11.3 Å². The molecule has 1 aromatic carbocycles. The number of nitrogens with zero attached hydrogens (tertiary/aromatic N) is 1. The number of benzene rings is 1. The molecule has 0 radical (unpaired) electrons. The van der Waals surface area contributed by atoms with E-state index < -0.39 is 6.10 Å². The molecular formula is C19H22N2OS. The molecule has 0 aliphatic carbocycles. The number of hydrogen-bond donors (Lipinski definition) is 2. The van der Waals surface area contributed by atoms with Crippen LogP contribution in [0.3, 0.4) is 0 Å². The van der Waals surface area contributed by atoms with Gasteiger partial charge in [0, 0.05) is 29.9 Å². The van der Waals surface area contributed by atoms with Crippen LogP contribution in [0.15, 0.2) is 60.1 Å². The molecule has 0 fully saturated rings. The lowest BCUT2D eigenvalue weighted by molar-refractivity contribution is 0.174. The molecule has 1 unspecified atom stereocenters. The normalized spacial score (nSPS) is 12.4. The largest absolute Gasteiger partial charge is 0.387 e. The van der Waals surface area contributed by atoms with Crippen molar-refractivity contribution in [2.75, 3.05) is 6.54 Å². The fourth-order valence-corrected chi connectivity index (χ4v) is 3.37. The molecule has 4 heteroatoms. The third-order valence-electron chi connectivity index (χ3n) is 3.90. The molecule has 0 saturated heterocycles. The number of aliphatic hydroxyl groups excluding tert-OH is 1. The Morgan fingerprint density at radius 2 is 2.09 bits per heavy atom. The fraction of sp³-hybridized carbons (Fsp3) is 0.263. The molecule has 0 spiro atoms. The molecular weight excluding hydrogens is 304 g/mol. The van der Waals surface area contributed by atoms with Crippen molar-refractivity contribution in [1.82, 2.24) is 9.88 Å². The summed E-state index contributed by atoms with van der Waals surface area (Å²) in [7, 11) is 0. The molecule has 0 saturated carbocycles. The summed E-state index contributed by atoms with van der Waals surface area (Å²) in [5.41, 5.74) is 3.37. The molecule has 0 bridgehead atoms. The second-order valence-electron chi connectivity index (χ2n) is 5.77. The van der Waals surface area contributed by atoms with E-state index in [1.807, 2.05) is 31.2 Å². The molecule has 23 heavy (non-hydrogen) atoms. The highest BCUT2D eigenvalue weighted by atomic mass is 32.1. The first-order valence-electron chi connectivity index (χ1n) is 7.84. The summed E-state index contributed by atoms with van der Waals surface area (Å²) >= 11 is 1.78. The smallest absolute Gasteiger partial charge is 0.0914 e. The Balaban J connectivity index is 1.54. The highest BCUT2D eigenvalue weighted by Crippen LogP contribution is 2.15. The standard InChI is InChI=1S/C19H22N2OS/c1-15-5-2-6-16(11-15)19(22)13-20-12-17-7-3-9-21(17)14-18-8-4-10-23-18/h2-11,19-20,22H,12-14H2,1H3. The van der Waals surface area contributed by atoms with E-state index in [-0.39, 0.29) is 0 Å². The molecule has 2 aromatic heterocycles. The first-order chi connectivity index (χ1) is 11.2. The van der Waals surface area contributed by atoms with E-state index in [1.165, 1.54) is 16.1 Å². The maximum Gasteiger partial charge on any atom is 0.0914 e. The third kappa shape index (κ3) is 4.32. The zero-order chi connectivity index (χ0) is 16.1. The highest BCUT2D eigenvalue weighted by Gasteiger charge is 2.08. The van der Waals surface area contributed by atoms with E-state index in [2.05, 4.69) is 45.7 Å². The van der Waals surface area contributed by atoms with Gasteiger partial charge in [0.25, 0.3) is 0 Å². The number of aliphatic hydroxyl groups is 1. The van der Waals surface area contributed by atoms with E-state index in [4.69, 9.17) is 0 Å². The van der Waals surface area contributed by atoms with Gasteiger partial charge in [0.2, 0.25) is 0 Å². The van der Waals surface area contributed by atoms with Crippen LogP contribution in [0.25, 0.3) is 0 Å². The predicted octanol–water partition coefficient (Wildman–Crippen LogP) is 3.73. The van der Waals surface area contributed by atoms with Crippen LogP contribution in [0.5, 0.6) is 0 Å². The number of nitrogens with one attached hydrogen (secondary N) is 1. The number of aromatic nitrogens is 1. The van der Waals surface area contributed by atoms with Gasteiger partial charge in [-0.05, 0) is 36.1 Å². The van der Waals surface area contributed by atoms with E-state index in [0.717, 1.165) is 18.7 Å². The van der Waals surface area contributed by atoms with Crippen molar-refractivity contribution in [1.29, 1.82) is 0 Å². The summed E-state index contributed by atoms with van der Waals surface area (Å²) in [6.45, 7) is 4.25. The van der Waals surface area contributed by atoms with Crippen LogP contribution in [-0.4, -0.2) is 16.2 Å². The average Bonchev–Trinajstić information content (AvgIpc) is 3.20. The Labute approximate surface area is 141 Å². The van der Waals surface area contributed by atoms with Gasteiger partial charge in [-0.25, -0.2) is 0 Å². The van der Waals surface area contributed by atoms with Gasteiger partial charge in [0.05, 0.1) is 12.6 Å². The van der Waals surface area contributed by atoms with Gasteiger partial charge in [0.15, 0.2) is 0 Å². The number of hydrogen-bond acceptors (Lipinski definition) is 3. The number of thiophene rings is 1. The van der Waals surface area contributed by atoms with Gasteiger partial charge in [-0.2, -0.15) is 0 Å². The summed E-state index contributed by atoms with van der Waals surface area (Å²) < 4.78 is 2.25. The van der Waals surface area contributed by atoms with Crippen LogP contribution in [0.4, 0.5) is 0 Å². The monoisotopic (exact) mass is 326 g/mol. The molecule has 0 aliphatic rings. The van der Waals surface area contributed by atoms with Crippen LogP contribution in [0.1, 0.15) is 27.8 Å². The molecule has 2 N–H and O–H groups in total. The molecule has 0 aliphatic heterocycles. The summed E-state index contributed by atoms with van der Waals surface area (Å²) in [5.74, 6) is 0. The van der Waals surface area contributed by atoms with Crippen molar-refractivity contribution in [3.05, 3.63) is 81.8 Å². The Morgan fingerprint density at radius 1 is 1.17 bits per heavy atom. The molecule has 2 heterocycles. The Kier molecular flexibility index (Phi) is 5.28. The molecule has 120 valence electrons. The Bertz CT molecular complexity index is 733. The van der Waals surface area contributed by atoms with Crippen molar-refractivity contribution in [3.63, 3.8) is 0 Å². The van der Waals surface area contributed by atoms with Crippen molar-refractivity contribution < 1.29 is 5.11 Å². The Hall–Kier alpha value is -1.88. The highest BCUT2D eigenvalue weighted by molar-refractivity contribution is 7.09. The van der Waals surface area contributed by atoms with Crippen molar-refractivity contribution in [2.45, 2.75) is 26.1 Å². The van der Waals surface area contributed by atoms with E-state index >= 15 is 0 Å². The summed E-state index contributed by atoms with van der Waals surface area (Å²) in [4.78, 5) is 1.35. The van der Waals surface area contributed by atoms with Crippen LogP contribution in [0.2, 0.25) is 0 Å². The summed E-state index contributed by atoms with van der Waals surface area (Å²) in [6.07, 6.45) is 1.63. The first kappa shape index (κ1) is 16.0. The van der Waals surface area contributed by atoms with Crippen molar-refractivity contribution >= 4 is 11.3 Å². The lowest BCUT2D eigenvalue weighted by Crippen LogP contribution is -2.22. The maximum atomic E-state index is 10.3. The predicted molar refractivity (Wildman–Crippen MR) is 95.7 cm³/mol. The van der Waals surface area contributed by atoms with Gasteiger partial charge >= 0.3 is 0 Å². The SMILES string of the molecule is Cc1cccc(C(O)CNCc2cccn2Cc2cccs2)c1. The second-order valence-corrected chi connectivity index (χ2v) is 6.80. The number of aryl methyl sites for hydroxylation is 1. The van der Waals surface area contributed by atoms with Gasteiger partial charge in [-0.1, -0.05) is 35.9 Å². The fourth-order valence-electron chi connectivity index (χ4n) is 2.67. The van der Waals surface area contributed by atoms with Crippen LogP contribution in [0, 0.1) is 6.92 Å². The summed E-state index contributed by atoms with van der Waals surface area (Å²) in [6, 6.07) is 16.5. The molecule has 0 amide bonds. The molecule has 1 atom stereocenters. The lowest BCUT2D eigenvalue weighted by Gasteiger charge is -2.14. The van der Waals surface area contributed by atoms with Gasteiger partial charge in [-0.3, -0.25) is 0 Å². The number of rotatable bonds is 7. The lowest BCUT2D eigenvalue weighted by atomic mass is 10.1. The Morgan fingerprint density at radius 3 is 2.87 bits per heavy atom. The zero-order valence-electron chi connectivity index (χ0n) is 13.3. The first-order valence-corrected chi connectivity index (χ1v) is 8.72. The molecule has 3 nitrogen and oxygen atoms in total. The van der Waals surface area contributed by atoms with Crippen LogP contribution >= 0.6 is 11.3 Å². The minimum Gasteiger partial charge on any atom is -0.387 e. The minimum absolute atomic E-state index is 0.476. The van der Waals surface area contributed by atoms with Crippen molar-refractivity contribution in [3.8, 4) is 0 Å². The second kappa shape index (κ2) is 7.59.